The van der Waals surface area contributed by atoms with Gasteiger partial charge in [0.15, 0.2) is 0 Å². The monoisotopic (exact) mass is 334 g/mol. The molecular weight excluding hydrogens is 300 g/mol. The Balaban J connectivity index is 1.46. The fourth-order valence-corrected chi connectivity index (χ4v) is 7.22. The Morgan fingerprint density at radius 1 is 0.708 bits per heavy atom. The van der Waals surface area contributed by atoms with E-state index in [0.717, 1.165) is 24.7 Å². The minimum absolute atomic E-state index is 0.136. The zero-order valence-corrected chi connectivity index (χ0v) is 15.0. The van der Waals surface area contributed by atoms with Crippen LogP contribution in [-0.4, -0.2) is 29.2 Å². The van der Waals surface area contributed by atoms with Gasteiger partial charge in [-0.3, -0.25) is 4.79 Å². The van der Waals surface area contributed by atoms with E-state index in [9.17, 15) is 15.0 Å². The van der Waals surface area contributed by atoms with Gasteiger partial charge in [0.25, 0.3) is 0 Å². The van der Waals surface area contributed by atoms with Gasteiger partial charge in [-0.05, 0) is 62.2 Å². The van der Waals surface area contributed by atoms with Crippen LogP contribution in [0.2, 0.25) is 0 Å². The lowest BCUT2D eigenvalue weighted by Crippen LogP contribution is -2.48. The van der Waals surface area contributed by atoms with E-state index in [1.54, 1.807) is 0 Å². The summed E-state index contributed by atoms with van der Waals surface area (Å²) >= 11 is 0. The zero-order chi connectivity index (χ0) is 16.8. The van der Waals surface area contributed by atoms with E-state index in [1.807, 2.05) is 0 Å². The maximum Gasteiger partial charge on any atom is 0.134 e. The normalized spacial score (nSPS) is 47.1. The van der Waals surface area contributed by atoms with Crippen molar-refractivity contribution >= 4 is 5.78 Å². The fourth-order valence-electron chi connectivity index (χ4n) is 7.22. The van der Waals surface area contributed by atoms with Gasteiger partial charge in [-0.15, -0.1) is 0 Å². The number of fused-ring (bicyclic) bond motifs is 6. The van der Waals surface area contributed by atoms with Crippen molar-refractivity contribution in [1.82, 2.24) is 0 Å². The number of aliphatic hydroxyl groups is 2. The summed E-state index contributed by atoms with van der Waals surface area (Å²) in [6.45, 7) is 0.357. The number of hydrogen-bond donors (Lipinski definition) is 2. The standard InChI is InChI=1S/C21H34O3/c22-13-20(9-15-1-5-17(20)6-2-15)11-19(24)12-21(14-23)10-16-3-7-18(21)8-4-16/h15-18,22-23H,1-14H2. The molecule has 0 aliphatic heterocycles. The molecule has 0 aromatic carbocycles. The van der Waals surface area contributed by atoms with Crippen molar-refractivity contribution in [3.05, 3.63) is 0 Å². The number of ketones is 1. The molecule has 6 saturated carbocycles. The van der Waals surface area contributed by atoms with E-state index < -0.39 is 0 Å². The Morgan fingerprint density at radius 3 is 1.33 bits per heavy atom. The molecule has 2 N–H and O–H groups in total. The molecule has 4 bridgehead atoms. The molecule has 3 heteroatoms. The SMILES string of the molecule is O=C(CC1(CO)CC2CCC1CC2)CC1(CO)CC2CCC1CC2. The molecule has 0 aromatic rings. The van der Waals surface area contributed by atoms with Crippen molar-refractivity contribution in [2.24, 2.45) is 34.5 Å². The maximum absolute atomic E-state index is 13.0. The number of Topliss-reactive ketones (excluding diaryl/α,β-unsaturated/α-hetero) is 1. The van der Waals surface area contributed by atoms with Crippen LogP contribution in [0.1, 0.15) is 77.0 Å². The highest BCUT2D eigenvalue weighted by Crippen LogP contribution is 2.57. The summed E-state index contributed by atoms with van der Waals surface area (Å²) in [7, 11) is 0. The lowest BCUT2D eigenvalue weighted by molar-refractivity contribution is -0.135. The second kappa shape index (κ2) is 6.39. The highest BCUT2D eigenvalue weighted by molar-refractivity contribution is 5.80. The highest BCUT2D eigenvalue weighted by Gasteiger charge is 2.51. The van der Waals surface area contributed by atoms with Crippen LogP contribution in [0.4, 0.5) is 0 Å². The van der Waals surface area contributed by atoms with Gasteiger partial charge in [0.05, 0.1) is 0 Å². The van der Waals surface area contributed by atoms with Crippen molar-refractivity contribution < 1.29 is 15.0 Å². The minimum Gasteiger partial charge on any atom is -0.396 e. The second-order valence-corrected chi connectivity index (χ2v) is 9.78. The van der Waals surface area contributed by atoms with Crippen molar-refractivity contribution in [3.8, 4) is 0 Å². The quantitative estimate of drug-likeness (QED) is 0.778. The topological polar surface area (TPSA) is 57.5 Å². The molecule has 6 aliphatic carbocycles. The first kappa shape index (κ1) is 17.0. The average Bonchev–Trinajstić information content (AvgIpc) is 2.63. The predicted octanol–water partition coefficient (Wildman–Crippen LogP) is 3.71. The molecule has 0 spiro atoms. The van der Waals surface area contributed by atoms with Gasteiger partial charge in [0, 0.05) is 36.9 Å². The molecule has 6 aliphatic rings. The molecule has 0 amide bonds. The molecule has 0 saturated heterocycles. The third-order valence-corrected chi connectivity index (χ3v) is 8.54. The Morgan fingerprint density at radius 2 is 1.08 bits per heavy atom. The summed E-state index contributed by atoms with van der Waals surface area (Å²) < 4.78 is 0. The van der Waals surface area contributed by atoms with E-state index in [4.69, 9.17) is 0 Å². The van der Waals surface area contributed by atoms with Gasteiger partial charge >= 0.3 is 0 Å². The molecule has 3 nitrogen and oxygen atoms in total. The van der Waals surface area contributed by atoms with Gasteiger partial charge in [-0.25, -0.2) is 0 Å². The number of carbonyl (C=O) groups excluding carboxylic acids is 1. The predicted molar refractivity (Wildman–Crippen MR) is 93.4 cm³/mol. The summed E-state index contributed by atoms with van der Waals surface area (Å²) in [5.41, 5.74) is -0.273. The minimum atomic E-state index is -0.136. The Bertz CT molecular complexity index is 431. The van der Waals surface area contributed by atoms with Gasteiger partial charge in [0.2, 0.25) is 0 Å². The van der Waals surface area contributed by atoms with Gasteiger partial charge in [-0.2, -0.15) is 0 Å². The van der Waals surface area contributed by atoms with Crippen molar-refractivity contribution in [2.75, 3.05) is 13.2 Å². The van der Waals surface area contributed by atoms with Crippen LogP contribution in [0, 0.1) is 34.5 Å². The summed E-state index contributed by atoms with van der Waals surface area (Å²) in [5.74, 6) is 2.87. The molecule has 136 valence electrons. The van der Waals surface area contributed by atoms with Crippen LogP contribution in [-0.2, 0) is 4.79 Å². The van der Waals surface area contributed by atoms with Crippen LogP contribution in [0.25, 0.3) is 0 Å². The second-order valence-electron chi connectivity index (χ2n) is 9.78. The van der Waals surface area contributed by atoms with Crippen molar-refractivity contribution in [2.45, 2.75) is 77.0 Å². The van der Waals surface area contributed by atoms with E-state index in [0.29, 0.717) is 30.5 Å². The van der Waals surface area contributed by atoms with Crippen LogP contribution in [0.5, 0.6) is 0 Å². The largest absolute Gasteiger partial charge is 0.396 e. The smallest absolute Gasteiger partial charge is 0.134 e. The third-order valence-electron chi connectivity index (χ3n) is 8.54. The highest BCUT2D eigenvalue weighted by atomic mass is 16.3. The van der Waals surface area contributed by atoms with Crippen molar-refractivity contribution in [1.29, 1.82) is 0 Å². The summed E-state index contributed by atoms with van der Waals surface area (Å²) in [6, 6.07) is 0. The fraction of sp³-hybridized carbons (Fsp3) is 0.952. The van der Waals surface area contributed by atoms with Crippen LogP contribution in [0.15, 0.2) is 0 Å². The van der Waals surface area contributed by atoms with Crippen molar-refractivity contribution in [3.63, 3.8) is 0 Å². The summed E-state index contributed by atoms with van der Waals surface area (Å²) in [5, 5.41) is 20.3. The lowest BCUT2D eigenvalue weighted by atomic mass is 9.52. The summed E-state index contributed by atoms with van der Waals surface area (Å²) in [4.78, 5) is 13.0. The first-order chi connectivity index (χ1) is 11.6. The molecule has 0 heterocycles. The molecule has 0 radical (unpaired) electrons. The summed E-state index contributed by atoms with van der Waals surface area (Å²) in [6.07, 6.45) is 13.2. The number of carbonyl (C=O) groups is 1. The molecule has 6 rings (SSSR count). The van der Waals surface area contributed by atoms with Gasteiger partial charge < -0.3 is 10.2 Å². The molecule has 2 unspecified atom stereocenters. The zero-order valence-electron chi connectivity index (χ0n) is 15.0. The molecular formula is C21H34O3. The Labute approximate surface area is 146 Å². The van der Waals surface area contributed by atoms with Gasteiger partial charge in [0.1, 0.15) is 5.78 Å². The van der Waals surface area contributed by atoms with E-state index in [2.05, 4.69) is 0 Å². The molecule has 2 atom stereocenters. The lowest BCUT2D eigenvalue weighted by Gasteiger charge is -2.53. The molecule has 24 heavy (non-hydrogen) atoms. The van der Waals surface area contributed by atoms with Crippen LogP contribution >= 0.6 is 0 Å². The molecule has 6 fully saturated rings. The van der Waals surface area contributed by atoms with Crippen LogP contribution in [0.3, 0.4) is 0 Å². The number of hydrogen-bond acceptors (Lipinski definition) is 3. The maximum atomic E-state index is 13.0. The number of rotatable bonds is 6. The number of aliphatic hydroxyl groups excluding tert-OH is 2. The molecule has 0 aromatic heterocycles. The van der Waals surface area contributed by atoms with E-state index >= 15 is 0 Å². The first-order valence-corrected chi connectivity index (χ1v) is 10.3. The first-order valence-electron chi connectivity index (χ1n) is 10.3. The van der Waals surface area contributed by atoms with Crippen LogP contribution < -0.4 is 0 Å². The van der Waals surface area contributed by atoms with Gasteiger partial charge in [-0.1, -0.05) is 25.7 Å². The third kappa shape index (κ3) is 2.76. The van der Waals surface area contributed by atoms with E-state index in [-0.39, 0.29) is 24.0 Å². The Hall–Kier alpha value is -0.410. The Kier molecular flexibility index (Phi) is 4.53. The van der Waals surface area contributed by atoms with E-state index in [1.165, 1.54) is 51.4 Å². The average molecular weight is 335 g/mol.